The van der Waals surface area contributed by atoms with Gasteiger partial charge in [-0.1, -0.05) is 12.1 Å². The summed E-state index contributed by atoms with van der Waals surface area (Å²) in [6.45, 7) is 7.64. The van der Waals surface area contributed by atoms with Gasteiger partial charge in [0.1, 0.15) is 17.3 Å². The number of amides is 1. The first-order valence-corrected chi connectivity index (χ1v) is 11.9. The summed E-state index contributed by atoms with van der Waals surface area (Å²) < 4.78 is 7.50. The zero-order valence-corrected chi connectivity index (χ0v) is 21.0. The van der Waals surface area contributed by atoms with Crippen molar-refractivity contribution >= 4 is 22.7 Å². The van der Waals surface area contributed by atoms with Gasteiger partial charge in [-0.25, -0.2) is 4.98 Å². The van der Waals surface area contributed by atoms with Crippen LogP contribution in [0.3, 0.4) is 0 Å². The van der Waals surface area contributed by atoms with Crippen LogP contribution in [-0.4, -0.2) is 30.6 Å². The lowest BCUT2D eigenvalue weighted by atomic mass is 10.0. The van der Waals surface area contributed by atoms with Crippen LogP contribution in [0.25, 0.3) is 33.9 Å². The summed E-state index contributed by atoms with van der Waals surface area (Å²) in [5, 5.41) is 15.4. The van der Waals surface area contributed by atoms with Crippen LogP contribution < -0.4 is 4.90 Å². The third-order valence-corrected chi connectivity index (χ3v) is 6.13. The topological polar surface area (TPSA) is 114 Å². The summed E-state index contributed by atoms with van der Waals surface area (Å²) in [5.41, 5.74) is 5.40. The Kier molecular flexibility index (Phi) is 6.24. The van der Waals surface area contributed by atoms with Crippen molar-refractivity contribution in [2.45, 2.75) is 40.3 Å². The van der Waals surface area contributed by atoms with Crippen molar-refractivity contribution in [2.24, 2.45) is 0 Å². The van der Waals surface area contributed by atoms with E-state index in [1.165, 1.54) is 13.2 Å². The van der Waals surface area contributed by atoms with Crippen LogP contribution >= 0.6 is 0 Å². The number of hydrogen-bond donors (Lipinski definition) is 0. The Morgan fingerprint density at radius 1 is 1.14 bits per heavy atom. The quantitative estimate of drug-likeness (QED) is 0.310. The fourth-order valence-electron chi connectivity index (χ4n) is 4.38. The zero-order valence-electron chi connectivity index (χ0n) is 21.0. The van der Waals surface area contributed by atoms with Crippen molar-refractivity contribution < 1.29 is 9.21 Å². The number of rotatable bonds is 6. The van der Waals surface area contributed by atoms with E-state index in [1.54, 1.807) is 29.6 Å². The molecular weight excluding hydrogens is 466 g/mol. The molecule has 5 rings (SSSR count). The zero-order chi connectivity index (χ0) is 26.1. The molecule has 0 radical (unpaired) electrons. The summed E-state index contributed by atoms with van der Waals surface area (Å²) >= 11 is 0. The first kappa shape index (κ1) is 23.9. The van der Waals surface area contributed by atoms with Crippen molar-refractivity contribution in [2.75, 3.05) is 4.90 Å². The molecule has 1 amide bonds. The Labute approximate surface area is 214 Å². The van der Waals surface area contributed by atoms with Gasteiger partial charge in [-0.05, 0) is 56.2 Å². The van der Waals surface area contributed by atoms with Gasteiger partial charge in [0, 0.05) is 25.4 Å². The third-order valence-electron chi connectivity index (χ3n) is 6.13. The maximum absolute atomic E-state index is 13.0. The summed E-state index contributed by atoms with van der Waals surface area (Å²) in [6, 6.07) is 13.5. The predicted molar refractivity (Wildman–Crippen MR) is 139 cm³/mol. The number of carbonyl (C=O) groups excluding carboxylic acids is 1. The van der Waals surface area contributed by atoms with E-state index in [0.717, 1.165) is 28.2 Å². The van der Waals surface area contributed by atoms with E-state index in [9.17, 15) is 10.1 Å². The maximum atomic E-state index is 13.0. The fraction of sp³-hybridized carbons (Fsp3) is 0.214. The van der Waals surface area contributed by atoms with Crippen LogP contribution in [0, 0.1) is 18.3 Å². The molecule has 0 aliphatic carbocycles. The van der Waals surface area contributed by atoms with Gasteiger partial charge in [0.15, 0.2) is 0 Å². The van der Waals surface area contributed by atoms with Crippen LogP contribution in [0.5, 0.6) is 0 Å². The van der Waals surface area contributed by atoms with E-state index in [-0.39, 0.29) is 24.1 Å². The molecule has 9 heteroatoms. The van der Waals surface area contributed by atoms with Crippen molar-refractivity contribution in [1.82, 2.24) is 24.7 Å². The number of hydrogen-bond acceptors (Lipinski definition) is 7. The predicted octanol–water partition coefficient (Wildman–Crippen LogP) is 5.46. The molecule has 0 bridgehead atoms. The van der Waals surface area contributed by atoms with Gasteiger partial charge < -0.3 is 9.32 Å². The number of aromatic nitrogens is 5. The number of pyridine rings is 3. The Bertz CT molecular complexity index is 1630. The minimum absolute atomic E-state index is 0.0420. The number of nitriles is 1. The van der Waals surface area contributed by atoms with Crippen molar-refractivity contribution in [3.05, 3.63) is 77.9 Å². The molecule has 0 saturated heterocycles. The molecule has 0 unspecified atom stereocenters. The van der Waals surface area contributed by atoms with Gasteiger partial charge in [0.25, 0.3) is 0 Å². The smallest absolute Gasteiger partial charge is 0.228 e. The standard InChI is InChI=1S/C28H25N7O2/c1-17(2)35-26(18(3)14-32-35)25-22(13-29)27(21-10-12-37-28(21)33-25)34(19(4)36)16-20-8-9-24(31-15-20)23-7-5-6-11-30-23/h5-12,14-15,17H,16H2,1-4H3. The van der Waals surface area contributed by atoms with Gasteiger partial charge in [-0.2, -0.15) is 10.4 Å². The third kappa shape index (κ3) is 4.34. The number of nitrogens with zero attached hydrogens (tertiary/aromatic N) is 7. The van der Waals surface area contributed by atoms with Gasteiger partial charge in [0.2, 0.25) is 11.6 Å². The Morgan fingerprint density at radius 3 is 2.59 bits per heavy atom. The number of carbonyl (C=O) groups is 1. The Morgan fingerprint density at radius 2 is 1.95 bits per heavy atom. The van der Waals surface area contributed by atoms with E-state index in [1.807, 2.05) is 55.8 Å². The molecule has 0 aromatic carbocycles. The lowest BCUT2D eigenvalue weighted by Gasteiger charge is -2.24. The van der Waals surface area contributed by atoms with Gasteiger partial charge in [-0.3, -0.25) is 19.4 Å². The second-order valence-electron chi connectivity index (χ2n) is 9.02. The highest BCUT2D eigenvalue weighted by molar-refractivity contribution is 6.05. The SMILES string of the molecule is CC(=O)N(Cc1ccc(-c2ccccn2)nc1)c1c(C#N)c(-c2c(C)cnn2C(C)C)nc2occc12. The maximum Gasteiger partial charge on any atom is 0.228 e. The molecule has 0 atom stereocenters. The first-order valence-electron chi connectivity index (χ1n) is 11.9. The molecule has 0 aliphatic heterocycles. The van der Waals surface area contributed by atoms with Crippen LogP contribution in [0.15, 0.2) is 65.7 Å². The molecule has 5 heterocycles. The van der Waals surface area contributed by atoms with E-state index < -0.39 is 0 Å². The van der Waals surface area contributed by atoms with Crippen LogP contribution in [0.4, 0.5) is 5.69 Å². The van der Waals surface area contributed by atoms with Crippen LogP contribution in [-0.2, 0) is 11.3 Å². The Hall–Kier alpha value is -4.84. The summed E-state index contributed by atoms with van der Waals surface area (Å²) in [7, 11) is 0. The highest BCUT2D eigenvalue weighted by Gasteiger charge is 2.28. The molecule has 184 valence electrons. The number of anilines is 1. The average Bonchev–Trinajstić information content (AvgIpc) is 3.53. The number of furan rings is 1. The summed E-state index contributed by atoms with van der Waals surface area (Å²) in [4.78, 5) is 28.2. The molecular formula is C28H25N7O2. The van der Waals surface area contributed by atoms with E-state index in [0.29, 0.717) is 22.5 Å². The van der Waals surface area contributed by atoms with Crippen LogP contribution in [0.1, 0.15) is 43.5 Å². The minimum atomic E-state index is -0.223. The molecule has 0 saturated carbocycles. The lowest BCUT2D eigenvalue weighted by Crippen LogP contribution is -2.29. The summed E-state index contributed by atoms with van der Waals surface area (Å²) in [5.74, 6) is -0.223. The normalized spacial score (nSPS) is 11.1. The van der Waals surface area contributed by atoms with Gasteiger partial charge >= 0.3 is 0 Å². The van der Waals surface area contributed by atoms with E-state index >= 15 is 0 Å². The van der Waals surface area contributed by atoms with Crippen molar-refractivity contribution in [1.29, 1.82) is 5.26 Å². The molecule has 0 fully saturated rings. The molecule has 5 aromatic rings. The van der Waals surface area contributed by atoms with Gasteiger partial charge in [-0.15, -0.1) is 0 Å². The lowest BCUT2D eigenvalue weighted by molar-refractivity contribution is -0.116. The second-order valence-corrected chi connectivity index (χ2v) is 9.02. The fourth-order valence-corrected chi connectivity index (χ4v) is 4.38. The molecule has 37 heavy (non-hydrogen) atoms. The first-order chi connectivity index (χ1) is 17.9. The molecule has 0 spiro atoms. The highest BCUT2D eigenvalue weighted by atomic mass is 16.3. The van der Waals surface area contributed by atoms with Crippen molar-refractivity contribution in [3.63, 3.8) is 0 Å². The van der Waals surface area contributed by atoms with Crippen LogP contribution in [0.2, 0.25) is 0 Å². The summed E-state index contributed by atoms with van der Waals surface area (Å²) in [6.07, 6.45) is 6.70. The second kappa shape index (κ2) is 9.66. The van der Waals surface area contributed by atoms with Gasteiger partial charge in [0.05, 0.1) is 47.2 Å². The Balaban J connectivity index is 1.64. The molecule has 0 N–H and O–H groups in total. The minimum Gasteiger partial charge on any atom is -0.446 e. The van der Waals surface area contributed by atoms with E-state index in [2.05, 4.69) is 21.1 Å². The average molecular weight is 492 g/mol. The molecule has 0 aliphatic rings. The number of fused-ring (bicyclic) bond motifs is 1. The number of aryl methyl sites for hydroxylation is 1. The largest absolute Gasteiger partial charge is 0.446 e. The van der Waals surface area contributed by atoms with Crippen molar-refractivity contribution in [3.8, 4) is 28.8 Å². The monoisotopic (exact) mass is 491 g/mol. The molecule has 9 nitrogen and oxygen atoms in total. The molecule has 5 aromatic heterocycles. The van der Waals surface area contributed by atoms with E-state index in [4.69, 9.17) is 9.40 Å². The highest BCUT2D eigenvalue weighted by Crippen LogP contribution is 2.39.